The van der Waals surface area contributed by atoms with Crippen LogP contribution in [-0.2, 0) is 4.74 Å². The van der Waals surface area contributed by atoms with Gasteiger partial charge in [-0.1, -0.05) is 0 Å². The molecule has 0 aliphatic heterocycles. The first-order chi connectivity index (χ1) is 11.5. The average molecular weight is 343 g/mol. The van der Waals surface area contributed by atoms with E-state index in [1.54, 1.807) is 23.6 Å². The van der Waals surface area contributed by atoms with Gasteiger partial charge in [-0.05, 0) is 44.5 Å². The minimum absolute atomic E-state index is 0.285. The van der Waals surface area contributed by atoms with Crippen LogP contribution in [0.5, 0.6) is 0 Å². The van der Waals surface area contributed by atoms with E-state index in [9.17, 15) is 9.59 Å². The normalized spacial score (nSPS) is 10.8. The van der Waals surface area contributed by atoms with Gasteiger partial charge in [-0.2, -0.15) is 0 Å². The summed E-state index contributed by atoms with van der Waals surface area (Å²) in [6.45, 7) is 5.87. The van der Waals surface area contributed by atoms with Crippen molar-refractivity contribution in [2.75, 3.05) is 11.9 Å². The molecule has 3 heterocycles. The van der Waals surface area contributed by atoms with Crippen LogP contribution in [0.4, 0.5) is 5.00 Å². The second-order valence-corrected chi connectivity index (χ2v) is 6.63. The van der Waals surface area contributed by atoms with Crippen molar-refractivity contribution in [2.45, 2.75) is 20.8 Å². The first-order valence-electron chi connectivity index (χ1n) is 7.52. The Morgan fingerprint density at radius 3 is 2.88 bits per heavy atom. The van der Waals surface area contributed by atoms with E-state index < -0.39 is 5.97 Å². The van der Waals surface area contributed by atoms with Gasteiger partial charge in [0, 0.05) is 17.3 Å². The number of carbonyl (C=O) groups is 2. The highest BCUT2D eigenvalue weighted by molar-refractivity contribution is 7.16. The van der Waals surface area contributed by atoms with Gasteiger partial charge in [-0.25, -0.2) is 9.78 Å². The van der Waals surface area contributed by atoms with Crippen LogP contribution in [-0.4, -0.2) is 27.9 Å². The van der Waals surface area contributed by atoms with Crippen molar-refractivity contribution in [3.8, 4) is 0 Å². The monoisotopic (exact) mass is 343 g/mol. The molecular formula is C17H17N3O3S. The van der Waals surface area contributed by atoms with Gasteiger partial charge in [0.1, 0.15) is 16.3 Å². The molecule has 1 N–H and O–H groups in total. The SMILES string of the molecule is CCOC(=O)c1cc(C)sc1NC(=O)c1cn2ccc(C)cc2n1. The summed E-state index contributed by atoms with van der Waals surface area (Å²) < 4.78 is 6.81. The second-order valence-electron chi connectivity index (χ2n) is 5.37. The Hall–Kier alpha value is -2.67. The van der Waals surface area contributed by atoms with Crippen LogP contribution in [0.3, 0.4) is 0 Å². The second kappa shape index (κ2) is 6.45. The van der Waals surface area contributed by atoms with Crippen LogP contribution in [0.15, 0.2) is 30.6 Å². The molecule has 0 radical (unpaired) electrons. The third kappa shape index (κ3) is 3.16. The van der Waals surface area contributed by atoms with E-state index in [0.29, 0.717) is 21.9 Å². The number of esters is 1. The van der Waals surface area contributed by atoms with Gasteiger partial charge < -0.3 is 14.5 Å². The Kier molecular flexibility index (Phi) is 4.35. The third-order valence-corrected chi connectivity index (χ3v) is 4.39. The number of pyridine rings is 1. The molecule has 7 heteroatoms. The van der Waals surface area contributed by atoms with Gasteiger partial charge >= 0.3 is 5.97 Å². The zero-order valence-electron chi connectivity index (χ0n) is 13.6. The number of fused-ring (bicyclic) bond motifs is 1. The van der Waals surface area contributed by atoms with Gasteiger partial charge in [-0.3, -0.25) is 4.79 Å². The number of hydrogen-bond donors (Lipinski definition) is 1. The lowest BCUT2D eigenvalue weighted by atomic mass is 10.3. The highest BCUT2D eigenvalue weighted by Crippen LogP contribution is 2.28. The summed E-state index contributed by atoms with van der Waals surface area (Å²) in [6, 6.07) is 5.55. The van der Waals surface area contributed by atoms with E-state index in [1.165, 1.54) is 11.3 Å². The van der Waals surface area contributed by atoms with Crippen LogP contribution < -0.4 is 5.32 Å². The fourth-order valence-corrected chi connectivity index (χ4v) is 3.22. The minimum atomic E-state index is -0.442. The standard InChI is InChI=1S/C17H17N3O3S/c1-4-23-17(22)12-8-11(3)24-16(12)19-15(21)13-9-20-6-5-10(2)7-14(20)18-13/h5-9H,4H2,1-3H3,(H,19,21). The van der Waals surface area contributed by atoms with Crippen molar-refractivity contribution in [1.29, 1.82) is 0 Å². The largest absolute Gasteiger partial charge is 0.462 e. The summed E-state index contributed by atoms with van der Waals surface area (Å²) in [6.07, 6.45) is 3.52. The maximum atomic E-state index is 12.5. The van der Waals surface area contributed by atoms with Crippen molar-refractivity contribution in [1.82, 2.24) is 9.38 Å². The molecule has 0 aliphatic rings. The molecule has 124 valence electrons. The molecule has 24 heavy (non-hydrogen) atoms. The molecule has 0 spiro atoms. The van der Waals surface area contributed by atoms with Crippen molar-refractivity contribution >= 4 is 33.9 Å². The number of hydrogen-bond acceptors (Lipinski definition) is 5. The number of imidazole rings is 1. The van der Waals surface area contributed by atoms with E-state index in [4.69, 9.17) is 4.74 Å². The molecule has 0 saturated carbocycles. The summed E-state index contributed by atoms with van der Waals surface area (Å²) in [7, 11) is 0. The fourth-order valence-electron chi connectivity index (χ4n) is 2.33. The van der Waals surface area contributed by atoms with Crippen molar-refractivity contribution in [3.05, 3.63) is 52.3 Å². The van der Waals surface area contributed by atoms with Gasteiger partial charge in [0.25, 0.3) is 5.91 Å². The number of anilines is 1. The number of nitrogens with one attached hydrogen (secondary N) is 1. The molecule has 6 nitrogen and oxygen atoms in total. The van der Waals surface area contributed by atoms with Crippen LogP contribution >= 0.6 is 11.3 Å². The van der Waals surface area contributed by atoms with Crippen LogP contribution in [0.2, 0.25) is 0 Å². The molecule has 0 atom stereocenters. The first kappa shape index (κ1) is 16.2. The zero-order valence-corrected chi connectivity index (χ0v) is 14.4. The first-order valence-corrected chi connectivity index (χ1v) is 8.34. The lowest BCUT2D eigenvalue weighted by Crippen LogP contribution is -2.14. The number of aromatic nitrogens is 2. The predicted octanol–water partition coefficient (Wildman–Crippen LogP) is 3.44. The topological polar surface area (TPSA) is 72.7 Å². The molecule has 0 saturated heterocycles. The quantitative estimate of drug-likeness (QED) is 0.737. The molecule has 1 amide bonds. The molecular weight excluding hydrogens is 326 g/mol. The maximum Gasteiger partial charge on any atom is 0.341 e. The molecule has 0 bridgehead atoms. The summed E-state index contributed by atoms with van der Waals surface area (Å²) in [4.78, 5) is 29.7. The molecule has 3 aromatic heterocycles. The lowest BCUT2D eigenvalue weighted by Gasteiger charge is -2.04. The van der Waals surface area contributed by atoms with Gasteiger partial charge in [0.2, 0.25) is 0 Å². The summed E-state index contributed by atoms with van der Waals surface area (Å²) in [5, 5.41) is 3.24. The molecule has 0 unspecified atom stereocenters. The summed E-state index contributed by atoms with van der Waals surface area (Å²) in [5.41, 5.74) is 2.43. The highest BCUT2D eigenvalue weighted by atomic mass is 32.1. The maximum absolute atomic E-state index is 12.5. The molecule has 0 aliphatic carbocycles. The lowest BCUT2D eigenvalue weighted by molar-refractivity contribution is 0.0528. The Labute approximate surface area is 143 Å². The molecule has 3 aromatic rings. The Morgan fingerprint density at radius 1 is 1.33 bits per heavy atom. The van der Waals surface area contributed by atoms with Gasteiger partial charge in [-0.15, -0.1) is 11.3 Å². The van der Waals surface area contributed by atoms with E-state index in [2.05, 4.69) is 10.3 Å². The number of carbonyl (C=O) groups excluding carboxylic acids is 2. The van der Waals surface area contributed by atoms with E-state index in [0.717, 1.165) is 10.4 Å². The summed E-state index contributed by atoms with van der Waals surface area (Å²) in [5.74, 6) is -0.800. The zero-order chi connectivity index (χ0) is 17.3. The number of rotatable bonds is 4. The third-order valence-electron chi connectivity index (χ3n) is 3.43. The predicted molar refractivity (Wildman–Crippen MR) is 92.9 cm³/mol. The van der Waals surface area contributed by atoms with Crippen LogP contribution in [0.1, 0.15) is 38.2 Å². The van der Waals surface area contributed by atoms with E-state index >= 15 is 0 Å². The Balaban J connectivity index is 1.87. The van der Waals surface area contributed by atoms with E-state index in [1.807, 2.05) is 32.2 Å². The molecule has 3 rings (SSSR count). The minimum Gasteiger partial charge on any atom is -0.462 e. The van der Waals surface area contributed by atoms with Crippen molar-refractivity contribution in [2.24, 2.45) is 0 Å². The smallest absolute Gasteiger partial charge is 0.341 e. The van der Waals surface area contributed by atoms with Gasteiger partial charge in [0.05, 0.1) is 12.2 Å². The summed E-state index contributed by atoms with van der Waals surface area (Å²) >= 11 is 1.33. The number of ether oxygens (including phenoxy) is 1. The van der Waals surface area contributed by atoms with Crippen molar-refractivity contribution < 1.29 is 14.3 Å². The van der Waals surface area contributed by atoms with Crippen molar-refractivity contribution in [3.63, 3.8) is 0 Å². The number of aryl methyl sites for hydroxylation is 2. The van der Waals surface area contributed by atoms with Crippen LogP contribution in [0, 0.1) is 13.8 Å². The average Bonchev–Trinajstić information content (AvgIpc) is 3.10. The molecule has 0 fully saturated rings. The number of thiophene rings is 1. The number of nitrogens with zero attached hydrogens (tertiary/aromatic N) is 2. The molecule has 0 aromatic carbocycles. The van der Waals surface area contributed by atoms with Gasteiger partial charge in [0.15, 0.2) is 0 Å². The Morgan fingerprint density at radius 2 is 2.12 bits per heavy atom. The fraction of sp³-hybridized carbons (Fsp3) is 0.235. The number of amides is 1. The van der Waals surface area contributed by atoms with E-state index in [-0.39, 0.29) is 12.5 Å². The van der Waals surface area contributed by atoms with Crippen LogP contribution in [0.25, 0.3) is 5.65 Å². The highest BCUT2D eigenvalue weighted by Gasteiger charge is 2.19. The Bertz CT molecular complexity index is 926.